The Morgan fingerprint density at radius 3 is 2.10 bits per heavy atom. The molecule has 8 nitrogen and oxygen atoms in total. The van der Waals surface area contributed by atoms with E-state index in [2.05, 4.69) is 5.32 Å². The van der Waals surface area contributed by atoms with Gasteiger partial charge in [0.15, 0.2) is 0 Å². The van der Waals surface area contributed by atoms with Crippen LogP contribution in [0.2, 0.25) is 0 Å². The largest absolute Gasteiger partial charge is 0.497 e. The van der Waals surface area contributed by atoms with Crippen molar-refractivity contribution in [2.75, 3.05) is 24.5 Å². The Hall–Kier alpha value is -3.85. The smallest absolute Gasteiger partial charge is 0.264 e. The maximum absolute atomic E-state index is 14.0. The summed E-state index contributed by atoms with van der Waals surface area (Å²) in [6.45, 7) is 7.28. The molecule has 9 heteroatoms. The lowest BCUT2D eigenvalue weighted by Gasteiger charge is -2.33. The number of ether oxygens (including phenoxy) is 1. The summed E-state index contributed by atoms with van der Waals surface area (Å²) in [6.07, 6.45) is 0.905. The van der Waals surface area contributed by atoms with Crippen molar-refractivity contribution in [1.29, 1.82) is 0 Å². The highest BCUT2D eigenvalue weighted by Crippen LogP contribution is 2.26. The minimum absolute atomic E-state index is 0.0297. The van der Waals surface area contributed by atoms with Gasteiger partial charge in [0.25, 0.3) is 10.0 Å². The van der Waals surface area contributed by atoms with E-state index in [1.54, 1.807) is 36.4 Å². The fourth-order valence-corrected chi connectivity index (χ4v) is 5.81. The fourth-order valence-electron chi connectivity index (χ4n) is 4.39. The first-order valence-corrected chi connectivity index (χ1v) is 14.9. The molecule has 0 aliphatic heterocycles. The topological polar surface area (TPSA) is 96.0 Å². The third-order valence-electron chi connectivity index (χ3n) is 6.55. The number of sulfonamides is 1. The molecule has 1 atom stereocenters. The lowest BCUT2D eigenvalue weighted by molar-refractivity contribution is -0.139. The SMILES string of the molecule is CC[C@H](C(=O)NC(C)C)N(CCc1ccccc1)C(=O)CN(c1ccc(C)cc1)S(=O)(=O)c1ccc(OC)cc1. The summed E-state index contributed by atoms with van der Waals surface area (Å²) in [5.74, 6) is -0.205. The van der Waals surface area contributed by atoms with Crippen LogP contribution in [0.25, 0.3) is 0 Å². The van der Waals surface area contributed by atoms with Gasteiger partial charge in [-0.05, 0) is 75.6 Å². The van der Waals surface area contributed by atoms with Crippen molar-refractivity contribution in [2.24, 2.45) is 0 Å². The number of nitrogens with zero attached hydrogens (tertiary/aromatic N) is 2. The van der Waals surface area contributed by atoms with E-state index in [1.807, 2.05) is 58.0 Å². The molecular formula is C31H39N3O5S. The monoisotopic (exact) mass is 565 g/mol. The van der Waals surface area contributed by atoms with E-state index in [-0.39, 0.29) is 23.4 Å². The lowest BCUT2D eigenvalue weighted by atomic mass is 10.1. The van der Waals surface area contributed by atoms with Crippen LogP contribution in [0.1, 0.15) is 38.3 Å². The second-order valence-electron chi connectivity index (χ2n) is 9.93. The number of hydrogen-bond donors (Lipinski definition) is 1. The van der Waals surface area contributed by atoms with E-state index in [9.17, 15) is 18.0 Å². The molecule has 0 bridgehead atoms. The first kappa shape index (κ1) is 30.7. The van der Waals surface area contributed by atoms with E-state index in [1.165, 1.54) is 24.1 Å². The predicted octanol–water partition coefficient (Wildman–Crippen LogP) is 4.57. The van der Waals surface area contributed by atoms with Crippen LogP contribution in [0, 0.1) is 6.92 Å². The summed E-state index contributed by atoms with van der Waals surface area (Å²) < 4.78 is 34.1. The molecule has 2 amide bonds. The first-order valence-electron chi connectivity index (χ1n) is 13.4. The molecule has 0 aliphatic carbocycles. The zero-order chi connectivity index (χ0) is 29.3. The number of rotatable bonds is 13. The van der Waals surface area contributed by atoms with Crippen molar-refractivity contribution in [3.05, 3.63) is 90.0 Å². The van der Waals surface area contributed by atoms with Gasteiger partial charge < -0.3 is 15.0 Å². The number of carbonyl (C=O) groups is 2. The van der Waals surface area contributed by atoms with Crippen LogP contribution in [0.4, 0.5) is 5.69 Å². The summed E-state index contributed by atoms with van der Waals surface area (Å²) in [5, 5.41) is 2.91. The molecule has 0 aromatic heterocycles. The number of amides is 2. The Balaban J connectivity index is 2.00. The highest BCUT2D eigenvalue weighted by molar-refractivity contribution is 7.92. The summed E-state index contributed by atoms with van der Waals surface area (Å²) in [7, 11) is -2.63. The highest BCUT2D eigenvalue weighted by atomic mass is 32.2. The van der Waals surface area contributed by atoms with Crippen LogP contribution < -0.4 is 14.4 Å². The summed E-state index contributed by atoms with van der Waals surface area (Å²) in [5.41, 5.74) is 2.33. The van der Waals surface area contributed by atoms with Crippen LogP contribution >= 0.6 is 0 Å². The van der Waals surface area contributed by atoms with E-state index < -0.39 is 28.5 Å². The van der Waals surface area contributed by atoms with Gasteiger partial charge >= 0.3 is 0 Å². The van der Waals surface area contributed by atoms with Crippen LogP contribution in [-0.4, -0.2) is 57.4 Å². The van der Waals surface area contributed by atoms with Gasteiger partial charge in [-0.1, -0.05) is 55.0 Å². The van der Waals surface area contributed by atoms with Crippen LogP contribution in [0.15, 0.2) is 83.8 Å². The third kappa shape index (κ3) is 7.85. The Morgan fingerprint density at radius 2 is 1.55 bits per heavy atom. The van der Waals surface area contributed by atoms with Crippen LogP contribution in [-0.2, 0) is 26.0 Å². The second-order valence-corrected chi connectivity index (χ2v) is 11.8. The van der Waals surface area contributed by atoms with Gasteiger partial charge in [0.05, 0.1) is 17.7 Å². The van der Waals surface area contributed by atoms with Gasteiger partial charge in [0.1, 0.15) is 18.3 Å². The molecule has 3 aromatic rings. The zero-order valence-electron chi connectivity index (χ0n) is 23.8. The Bertz CT molecular complexity index is 1360. The molecule has 3 rings (SSSR count). The molecule has 0 saturated carbocycles. The molecular weight excluding hydrogens is 526 g/mol. The van der Waals surface area contributed by atoms with E-state index in [0.29, 0.717) is 24.3 Å². The van der Waals surface area contributed by atoms with Crippen molar-refractivity contribution >= 4 is 27.5 Å². The van der Waals surface area contributed by atoms with Crippen LogP contribution in [0.5, 0.6) is 5.75 Å². The van der Waals surface area contributed by atoms with Gasteiger partial charge in [-0.2, -0.15) is 0 Å². The number of methoxy groups -OCH3 is 1. The third-order valence-corrected chi connectivity index (χ3v) is 8.34. The quantitative estimate of drug-likeness (QED) is 0.328. The maximum Gasteiger partial charge on any atom is 0.264 e. The molecule has 3 aromatic carbocycles. The second kappa shape index (κ2) is 14.0. The first-order chi connectivity index (χ1) is 19.1. The van der Waals surface area contributed by atoms with Gasteiger partial charge in [0.2, 0.25) is 11.8 Å². The molecule has 0 aliphatic rings. The van der Waals surface area contributed by atoms with Gasteiger partial charge in [0, 0.05) is 12.6 Å². The van der Waals surface area contributed by atoms with Gasteiger partial charge in [-0.15, -0.1) is 0 Å². The van der Waals surface area contributed by atoms with Crippen molar-refractivity contribution < 1.29 is 22.7 Å². The Kier molecular flexibility index (Phi) is 10.7. The zero-order valence-corrected chi connectivity index (χ0v) is 24.6. The van der Waals surface area contributed by atoms with Crippen LogP contribution in [0.3, 0.4) is 0 Å². The lowest BCUT2D eigenvalue weighted by Crippen LogP contribution is -2.54. The molecule has 0 fully saturated rings. The average molecular weight is 566 g/mol. The van der Waals surface area contributed by atoms with E-state index in [0.717, 1.165) is 15.4 Å². The molecule has 0 saturated heterocycles. The molecule has 0 heterocycles. The number of aryl methyl sites for hydroxylation is 1. The Morgan fingerprint density at radius 1 is 0.925 bits per heavy atom. The molecule has 1 N–H and O–H groups in total. The number of hydrogen-bond acceptors (Lipinski definition) is 5. The van der Waals surface area contributed by atoms with Crippen molar-refractivity contribution in [3.8, 4) is 5.75 Å². The highest BCUT2D eigenvalue weighted by Gasteiger charge is 2.33. The summed E-state index contributed by atoms with van der Waals surface area (Å²) in [4.78, 5) is 28.7. The number of benzene rings is 3. The number of carbonyl (C=O) groups excluding carboxylic acids is 2. The molecule has 214 valence electrons. The van der Waals surface area contributed by atoms with Crippen molar-refractivity contribution in [2.45, 2.75) is 57.5 Å². The number of anilines is 1. The minimum Gasteiger partial charge on any atom is -0.497 e. The van der Waals surface area contributed by atoms with Crippen molar-refractivity contribution in [3.63, 3.8) is 0 Å². The fraction of sp³-hybridized carbons (Fsp3) is 0.355. The standard InChI is InChI=1S/C31H39N3O5S/c1-6-29(31(36)32-23(2)3)33(21-20-25-10-8-7-9-11-25)30(35)22-34(26-14-12-24(4)13-15-26)40(37,38)28-18-16-27(39-5)17-19-28/h7-19,23,29H,6,20-22H2,1-5H3,(H,32,36)/t29-/m1/s1. The molecule has 0 spiro atoms. The van der Waals surface area contributed by atoms with E-state index in [4.69, 9.17) is 4.74 Å². The van der Waals surface area contributed by atoms with E-state index >= 15 is 0 Å². The maximum atomic E-state index is 14.0. The molecule has 40 heavy (non-hydrogen) atoms. The van der Waals surface area contributed by atoms with Gasteiger partial charge in [-0.3, -0.25) is 13.9 Å². The summed E-state index contributed by atoms with van der Waals surface area (Å²) in [6, 6.07) is 21.8. The minimum atomic E-state index is -4.13. The predicted molar refractivity (Wildman–Crippen MR) is 158 cm³/mol. The molecule has 0 unspecified atom stereocenters. The van der Waals surface area contributed by atoms with Crippen molar-refractivity contribution in [1.82, 2.24) is 10.2 Å². The van der Waals surface area contributed by atoms with Gasteiger partial charge in [-0.25, -0.2) is 8.42 Å². The average Bonchev–Trinajstić information content (AvgIpc) is 2.94. The normalized spacial score (nSPS) is 12.1. The Labute approximate surface area is 238 Å². The molecule has 0 radical (unpaired) electrons. The summed E-state index contributed by atoms with van der Waals surface area (Å²) >= 11 is 0. The number of nitrogens with one attached hydrogen (secondary N) is 1.